The minimum Gasteiger partial charge on any atom is -0.396 e. The molecule has 0 aliphatic carbocycles. The van der Waals surface area contributed by atoms with Crippen LogP contribution in [0.2, 0.25) is 0 Å². The number of halogens is 1. The maximum Gasteiger partial charge on any atom is 0.251 e. The highest BCUT2D eigenvalue weighted by Gasteiger charge is 2.37. The molecule has 0 bridgehead atoms. The predicted molar refractivity (Wildman–Crippen MR) is 88.4 cm³/mol. The first kappa shape index (κ1) is 17.3. The van der Waals surface area contributed by atoms with E-state index in [4.69, 9.17) is 4.74 Å². The highest BCUT2D eigenvalue weighted by molar-refractivity contribution is 5.94. The van der Waals surface area contributed by atoms with Gasteiger partial charge in [-0.25, -0.2) is 4.39 Å². The summed E-state index contributed by atoms with van der Waals surface area (Å²) in [6.07, 6.45) is 1.98. The van der Waals surface area contributed by atoms with Crippen molar-refractivity contribution in [1.82, 2.24) is 10.2 Å². The third-order valence-corrected chi connectivity index (χ3v) is 5.16. The van der Waals surface area contributed by atoms with Crippen LogP contribution in [-0.2, 0) is 4.74 Å². The summed E-state index contributed by atoms with van der Waals surface area (Å²) in [5, 5.41) is 12.6. The summed E-state index contributed by atoms with van der Waals surface area (Å²) in [5.41, 5.74) is 0.839. The predicted octanol–water partition coefficient (Wildman–Crippen LogP) is 1.34. The van der Waals surface area contributed by atoms with Crippen molar-refractivity contribution in [3.8, 4) is 0 Å². The first-order valence-corrected chi connectivity index (χ1v) is 8.58. The molecule has 0 unspecified atom stereocenters. The van der Waals surface area contributed by atoms with E-state index in [1.54, 1.807) is 19.1 Å². The number of aliphatic hydroxyl groups excluding tert-OH is 1. The average Bonchev–Trinajstić information content (AvgIpc) is 3.01. The van der Waals surface area contributed by atoms with Crippen molar-refractivity contribution in [3.63, 3.8) is 0 Å². The number of aliphatic hydroxyl groups is 1. The van der Waals surface area contributed by atoms with E-state index in [-0.39, 0.29) is 30.3 Å². The maximum atomic E-state index is 13.7. The quantitative estimate of drug-likeness (QED) is 0.871. The van der Waals surface area contributed by atoms with Crippen molar-refractivity contribution < 1.29 is 19.0 Å². The number of aryl methyl sites for hydroxylation is 1. The molecule has 6 heteroatoms. The zero-order chi connectivity index (χ0) is 17.1. The summed E-state index contributed by atoms with van der Waals surface area (Å²) in [4.78, 5) is 14.7. The van der Waals surface area contributed by atoms with Crippen LogP contribution in [-0.4, -0.2) is 60.9 Å². The van der Waals surface area contributed by atoms with Gasteiger partial charge in [0, 0.05) is 56.5 Å². The Balaban J connectivity index is 1.64. The molecule has 2 aliphatic heterocycles. The molecule has 1 amide bonds. The molecule has 3 rings (SSSR count). The fourth-order valence-corrected chi connectivity index (χ4v) is 3.59. The van der Waals surface area contributed by atoms with Crippen molar-refractivity contribution in [1.29, 1.82) is 0 Å². The van der Waals surface area contributed by atoms with Crippen LogP contribution in [0.1, 0.15) is 28.8 Å². The molecule has 1 aromatic carbocycles. The number of hydrogen-bond donors (Lipinski definition) is 2. The Morgan fingerprint density at radius 2 is 2.12 bits per heavy atom. The van der Waals surface area contributed by atoms with Gasteiger partial charge in [-0.05, 0) is 37.5 Å². The fraction of sp³-hybridized carbons (Fsp3) is 0.611. The Kier molecular flexibility index (Phi) is 5.48. The van der Waals surface area contributed by atoms with Crippen LogP contribution in [0.25, 0.3) is 0 Å². The number of hydrogen-bond acceptors (Lipinski definition) is 4. The number of benzene rings is 1. The summed E-state index contributed by atoms with van der Waals surface area (Å²) in [7, 11) is 0. The van der Waals surface area contributed by atoms with E-state index in [1.165, 1.54) is 6.07 Å². The van der Waals surface area contributed by atoms with E-state index < -0.39 is 0 Å². The molecule has 0 spiro atoms. The van der Waals surface area contributed by atoms with E-state index >= 15 is 0 Å². The number of carbonyl (C=O) groups excluding carboxylic acids is 1. The molecule has 2 fully saturated rings. The molecular formula is C18H25FN2O3. The Hall–Kier alpha value is -1.50. The number of nitrogens with zero attached hydrogens (tertiary/aromatic N) is 1. The van der Waals surface area contributed by atoms with Crippen molar-refractivity contribution >= 4 is 5.91 Å². The van der Waals surface area contributed by atoms with Gasteiger partial charge in [0.2, 0.25) is 0 Å². The SMILES string of the molecule is Cc1ccc(C(=O)N[C@@H]2CN(C3CCOCC3)C[C@H]2CO)cc1F. The zero-order valence-electron chi connectivity index (χ0n) is 14.0. The Labute approximate surface area is 141 Å². The van der Waals surface area contributed by atoms with Gasteiger partial charge in [0.25, 0.3) is 5.91 Å². The Morgan fingerprint density at radius 3 is 2.79 bits per heavy atom. The molecule has 1 aromatic rings. The smallest absolute Gasteiger partial charge is 0.251 e. The molecule has 0 saturated carbocycles. The van der Waals surface area contributed by atoms with Crippen molar-refractivity contribution in [2.75, 3.05) is 32.9 Å². The van der Waals surface area contributed by atoms with E-state index in [2.05, 4.69) is 10.2 Å². The van der Waals surface area contributed by atoms with Crippen LogP contribution in [0.5, 0.6) is 0 Å². The van der Waals surface area contributed by atoms with Gasteiger partial charge in [-0.2, -0.15) is 0 Å². The minimum atomic E-state index is -0.378. The third kappa shape index (κ3) is 3.77. The first-order chi connectivity index (χ1) is 11.6. The number of carbonyl (C=O) groups is 1. The van der Waals surface area contributed by atoms with Gasteiger partial charge in [0.1, 0.15) is 5.82 Å². The van der Waals surface area contributed by atoms with Crippen LogP contribution in [0, 0.1) is 18.7 Å². The van der Waals surface area contributed by atoms with Crippen molar-refractivity contribution in [2.45, 2.75) is 31.8 Å². The topological polar surface area (TPSA) is 61.8 Å². The normalized spacial score (nSPS) is 25.8. The summed E-state index contributed by atoms with van der Waals surface area (Å²) in [5.74, 6) is -0.658. The standard InChI is InChI=1S/C18H25FN2O3/c1-12-2-3-13(8-16(12)19)18(23)20-17-10-21(9-14(17)11-22)15-4-6-24-7-5-15/h2-3,8,14-15,17,22H,4-7,9-11H2,1H3,(H,20,23)/t14-,17+/m0/s1. The molecule has 2 aliphatic rings. The van der Waals surface area contributed by atoms with E-state index in [9.17, 15) is 14.3 Å². The second-order valence-corrected chi connectivity index (χ2v) is 6.78. The van der Waals surface area contributed by atoms with E-state index in [1.807, 2.05) is 0 Å². The lowest BCUT2D eigenvalue weighted by Crippen LogP contribution is -2.43. The molecule has 5 nitrogen and oxygen atoms in total. The highest BCUT2D eigenvalue weighted by Crippen LogP contribution is 2.24. The summed E-state index contributed by atoms with van der Waals surface area (Å²) in [6.45, 7) is 4.73. The molecule has 2 heterocycles. The number of amides is 1. The third-order valence-electron chi connectivity index (χ3n) is 5.16. The van der Waals surface area contributed by atoms with Crippen molar-refractivity contribution in [2.24, 2.45) is 5.92 Å². The number of rotatable bonds is 4. The van der Waals surface area contributed by atoms with Crippen LogP contribution < -0.4 is 5.32 Å². The van der Waals surface area contributed by atoms with Gasteiger partial charge in [-0.15, -0.1) is 0 Å². The Morgan fingerprint density at radius 1 is 1.38 bits per heavy atom. The first-order valence-electron chi connectivity index (χ1n) is 8.58. The summed E-state index contributed by atoms with van der Waals surface area (Å²) in [6, 6.07) is 4.84. The average molecular weight is 336 g/mol. The number of ether oxygens (including phenoxy) is 1. The molecule has 24 heavy (non-hydrogen) atoms. The van der Waals surface area contributed by atoms with Crippen molar-refractivity contribution in [3.05, 3.63) is 35.1 Å². The van der Waals surface area contributed by atoms with Gasteiger partial charge in [-0.1, -0.05) is 6.07 Å². The van der Waals surface area contributed by atoms with Crippen LogP contribution >= 0.6 is 0 Å². The summed E-state index contributed by atoms with van der Waals surface area (Å²) < 4.78 is 19.1. The number of likely N-dealkylation sites (tertiary alicyclic amines) is 1. The molecule has 2 atom stereocenters. The largest absolute Gasteiger partial charge is 0.396 e. The van der Waals surface area contributed by atoms with Crippen LogP contribution in [0.3, 0.4) is 0 Å². The highest BCUT2D eigenvalue weighted by atomic mass is 19.1. The van der Waals surface area contributed by atoms with Gasteiger partial charge >= 0.3 is 0 Å². The fourth-order valence-electron chi connectivity index (χ4n) is 3.59. The lowest BCUT2D eigenvalue weighted by molar-refractivity contribution is 0.0399. The van der Waals surface area contributed by atoms with E-state index in [0.717, 1.165) is 39.1 Å². The molecule has 132 valence electrons. The van der Waals surface area contributed by atoms with Gasteiger partial charge in [0.05, 0.1) is 0 Å². The lowest BCUT2D eigenvalue weighted by Gasteiger charge is -2.31. The van der Waals surface area contributed by atoms with Crippen LogP contribution in [0.4, 0.5) is 4.39 Å². The minimum absolute atomic E-state index is 0.00656. The molecule has 0 aromatic heterocycles. The maximum absolute atomic E-state index is 13.7. The number of nitrogens with one attached hydrogen (secondary N) is 1. The van der Waals surface area contributed by atoms with Gasteiger partial charge in [-0.3, -0.25) is 9.69 Å². The monoisotopic (exact) mass is 336 g/mol. The second-order valence-electron chi connectivity index (χ2n) is 6.78. The second kappa shape index (κ2) is 7.59. The molecule has 2 N–H and O–H groups in total. The Bertz CT molecular complexity index is 590. The van der Waals surface area contributed by atoms with Crippen LogP contribution in [0.15, 0.2) is 18.2 Å². The molecule has 2 saturated heterocycles. The van der Waals surface area contributed by atoms with Gasteiger partial charge in [0.15, 0.2) is 0 Å². The lowest BCUT2D eigenvalue weighted by atomic mass is 10.0. The van der Waals surface area contributed by atoms with E-state index in [0.29, 0.717) is 17.2 Å². The van der Waals surface area contributed by atoms with Gasteiger partial charge < -0.3 is 15.2 Å². The molecular weight excluding hydrogens is 311 g/mol. The summed E-state index contributed by atoms with van der Waals surface area (Å²) >= 11 is 0. The zero-order valence-corrected chi connectivity index (χ0v) is 14.0. The molecule has 0 radical (unpaired) electrons.